The Hall–Kier alpha value is -2.71. The Morgan fingerprint density at radius 2 is 1.67 bits per heavy atom. The van der Waals surface area contributed by atoms with Crippen LogP contribution in [0, 0.1) is 17.0 Å². The number of nitrogens with zero attached hydrogens (tertiary/aromatic N) is 2. The van der Waals surface area contributed by atoms with Crippen molar-refractivity contribution in [1.29, 1.82) is 0 Å². The van der Waals surface area contributed by atoms with Crippen molar-refractivity contribution in [1.82, 2.24) is 0 Å². The van der Waals surface area contributed by atoms with Crippen LogP contribution in [-0.2, 0) is 18.1 Å². The minimum atomic E-state index is -0.440. The van der Waals surface area contributed by atoms with Crippen LogP contribution in [0.4, 0.5) is 5.69 Å². The molecule has 3 rings (SSSR count). The Morgan fingerprint density at radius 3 is 2.33 bits per heavy atom. The van der Waals surface area contributed by atoms with E-state index in [1.54, 1.807) is 18.3 Å². The molecule has 0 aliphatic rings. The molecule has 3 aromatic carbocycles. The summed E-state index contributed by atoms with van der Waals surface area (Å²) in [5.41, 5.74) is 3.77. The van der Waals surface area contributed by atoms with E-state index < -0.39 is 4.92 Å². The van der Waals surface area contributed by atoms with E-state index in [4.69, 9.17) is 9.57 Å². The van der Waals surface area contributed by atoms with Gasteiger partial charge in [0.05, 0.1) is 20.1 Å². The van der Waals surface area contributed by atoms with Crippen molar-refractivity contribution in [2.45, 2.75) is 20.1 Å². The molecule has 0 amide bonds. The average Bonchev–Trinajstić information content (AvgIpc) is 2.71. The predicted molar refractivity (Wildman–Crippen MR) is 123 cm³/mol. The molecule has 154 valence electrons. The highest BCUT2D eigenvalue weighted by molar-refractivity contribution is 9.11. The molecule has 0 saturated heterocycles. The second-order valence-corrected chi connectivity index (χ2v) is 8.24. The van der Waals surface area contributed by atoms with Crippen LogP contribution in [0.25, 0.3) is 0 Å². The van der Waals surface area contributed by atoms with Crippen LogP contribution in [0.15, 0.2) is 74.8 Å². The first kappa shape index (κ1) is 22.0. The number of hydrogen-bond acceptors (Lipinski definition) is 5. The lowest BCUT2D eigenvalue weighted by molar-refractivity contribution is -0.384. The Balaban J connectivity index is 1.60. The monoisotopic (exact) mass is 532 g/mol. The van der Waals surface area contributed by atoms with E-state index in [9.17, 15) is 10.1 Å². The number of benzene rings is 3. The van der Waals surface area contributed by atoms with Gasteiger partial charge in [0.25, 0.3) is 5.69 Å². The molecule has 0 fully saturated rings. The van der Waals surface area contributed by atoms with Gasteiger partial charge in [0.1, 0.15) is 19.0 Å². The summed E-state index contributed by atoms with van der Waals surface area (Å²) in [5, 5.41) is 14.8. The smallest absolute Gasteiger partial charge is 0.269 e. The number of oxime groups is 1. The molecule has 0 aliphatic heterocycles. The van der Waals surface area contributed by atoms with Crippen molar-refractivity contribution in [2.75, 3.05) is 0 Å². The molecule has 0 radical (unpaired) electrons. The molecule has 0 aliphatic carbocycles. The molecular formula is C22H18Br2N2O4. The van der Waals surface area contributed by atoms with Gasteiger partial charge in [-0.3, -0.25) is 10.1 Å². The molecule has 0 saturated carbocycles. The summed E-state index contributed by atoms with van der Waals surface area (Å²) in [4.78, 5) is 15.6. The maximum Gasteiger partial charge on any atom is 0.269 e. The number of halogens is 2. The van der Waals surface area contributed by atoms with Gasteiger partial charge in [-0.15, -0.1) is 0 Å². The maximum atomic E-state index is 10.8. The van der Waals surface area contributed by atoms with Crippen LogP contribution in [0.2, 0.25) is 0 Å². The lowest BCUT2D eigenvalue weighted by atomic mass is 10.1. The predicted octanol–water partition coefficient (Wildman–Crippen LogP) is 6.56. The van der Waals surface area contributed by atoms with Gasteiger partial charge in [-0.1, -0.05) is 47.1 Å². The van der Waals surface area contributed by atoms with Gasteiger partial charge in [-0.2, -0.15) is 0 Å². The molecule has 0 aromatic heterocycles. The van der Waals surface area contributed by atoms with Gasteiger partial charge in [0, 0.05) is 12.1 Å². The summed E-state index contributed by atoms with van der Waals surface area (Å²) >= 11 is 7.06. The van der Waals surface area contributed by atoms with Gasteiger partial charge in [-0.25, -0.2) is 0 Å². The maximum absolute atomic E-state index is 10.8. The van der Waals surface area contributed by atoms with E-state index in [2.05, 4.69) is 43.1 Å². The Morgan fingerprint density at radius 1 is 1.00 bits per heavy atom. The third-order valence-corrected chi connectivity index (χ3v) is 5.29. The molecule has 0 unspecified atom stereocenters. The summed E-state index contributed by atoms with van der Waals surface area (Å²) in [6, 6.07) is 18.2. The van der Waals surface area contributed by atoms with Gasteiger partial charge < -0.3 is 9.57 Å². The lowest BCUT2D eigenvalue weighted by Crippen LogP contribution is -1.98. The first-order chi connectivity index (χ1) is 14.4. The Bertz CT molecular complexity index is 1060. The SMILES string of the molecule is Cc1cccc(COc2c(Br)cc(/C=N\OCc3cccc([N+](=O)[O-])c3)cc2Br)c1. The quantitative estimate of drug-likeness (QED) is 0.187. The van der Waals surface area contributed by atoms with E-state index in [1.807, 2.05) is 37.3 Å². The molecule has 0 bridgehead atoms. The number of rotatable bonds is 8. The molecule has 0 atom stereocenters. The highest BCUT2D eigenvalue weighted by Crippen LogP contribution is 2.35. The summed E-state index contributed by atoms with van der Waals surface area (Å²) in [5.74, 6) is 0.700. The van der Waals surface area contributed by atoms with Gasteiger partial charge >= 0.3 is 0 Å². The van der Waals surface area contributed by atoms with Gasteiger partial charge in [-0.05, 0) is 67.6 Å². The average molecular weight is 534 g/mol. The lowest BCUT2D eigenvalue weighted by Gasteiger charge is -2.11. The van der Waals surface area contributed by atoms with Gasteiger partial charge in [0.2, 0.25) is 0 Å². The van der Waals surface area contributed by atoms with Crippen LogP contribution in [0.1, 0.15) is 22.3 Å². The standard InChI is InChI=1S/C22H18Br2N2O4/c1-15-4-2-5-16(8-15)13-29-22-20(23)10-18(11-21(22)24)12-25-30-14-17-6-3-7-19(9-17)26(27)28/h2-12H,13-14H2,1H3/b25-12-. The highest BCUT2D eigenvalue weighted by Gasteiger charge is 2.09. The highest BCUT2D eigenvalue weighted by atomic mass is 79.9. The summed E-state index contributed by atoms with van der Waals surface area (Å²) in [7, 11) is 0. The fraction of sp³-hybridized carbons (Fsp3) is 0.136. The minimum absolute atomic E-state index is 0.0224. The molecular weight excluding hydrogens is 516 g/mol. The van der Waals surface area contributed by atoms with E-state index >= 15 is 0 Å². The minimum Gasteiger partial charge on any atom is -0.487 e. The number of non-ortho nitro benzene ring substituents is 1. The summed E-state index contributed by atoms with van der Waals surface area (Å²) < 4.78 is 7.52. The second kappa shape index (κ2) is 10.4. The third-order valence-electron chi connectivity index (χ3n) is 4.12. The van der Waals surface area contributed by atoms with E-state index in [-0.39, 0.29) is 12.3 Å². The largest absolute Gasteiger partial charge is 0.487 e. The van der Waals surface area contributed by atoms with Crippen LogP contribution in [0.3, 0.4) is 0 Å². The number of aryl methyl sites for hydroxylation is 1. The number of nitro groups is 1. The summed E-state index contributed by atoms with van der Waals surface area (Å²) in [6.45, 7) is 2.64. The van der Waals surface area contributed by atoms with E-state index in [1.165, 1.54) is 17.7 Å². The zero-order valence-electron chi connectivity index (χ0n) is 16.0. The fourth-order valence-corrected chi connectivity index (χ4v) is 4.17. The van der Waals surface area contributed by atoms with E-state index in [0.717, 1.165) is 20.1 Å². The van der Waals surface area contributed by atoms with Gasteiger partial charge in [0.15, 0.2) is 0 Å². The number of ether oxygens (including phenoxy) is 1. The second-order valence-electron chi connectivity index (χ2n) is 6.53. The van der Waals surface area contributed by atoms with Crippen LogP contribution < -0.4 is 4.74 Å². The molecule has 0 spiro atoms. The van der Waals surface area contributed by atoms with Crippen molar-refractivity contribution >= 4 is 43.8 Å². The van der Waals surface area contributed by atoms with Crippen molar-refractivity contribution in [3.63, 3.8) is 0 Å². The van der Waals surface area contributed by atoms with Crippen LogP contribution in [0.5, 0.6) is 5.75 Å². The van der Waals surface area contributed by atoms with Crippen molar-refractivity contribution < 1.29 is 14.5 Å². The number of hydrogen-bond donors (Lipinski definition) is 0. The van der Waals surface area contributed by atoms with Crippen LogP contribution >= 0.6 is 31.9 Å². The topological polar surface area (TPSA) is 74.0 Å². The molecule has 3 aromatic rings. The molecule has 0 heterocycles. The third kappa shape index (κ3) is 6.14. The van der Waals surface area contributed by atoms with Crippen molar-refractivity contribution in [2.24, 2.45) is 5.16 Å². The van der Waals surface area contributed by atoms with E-state index in [0.29, 0.717) is 17.9 Å². The Kier molecular flexibility index (Phi) is 7.59. The van der Waals surface area contributed by atoms with Crippen molar-refractivity contribution in [3.05, 3.63) is 102 Å². The first-order valence-corrected chi connectivity index (χ1v) is 10.6. The Labute approximate surface area is 190 Å². The van der Waals surface area contributed by atoms with Crippen molar-refractivity contribution in [3.8, 4) is 5.75 Å². The summed E-state index contributed by atoms with van der Waals surface area (Å²) in [6.07, 6.45) is 1.57. The molecule has 6 nitrogen and oxygen atoms in total. The molecule has 30 heavy (non-hydrogen) atoms. The normalized spacial score (nSPS) is 10.9. The number of nitro benzene ring substituents is 1. The first-order valence-electron chi connectivity index (χ1n) is 8.98. The zero-order valence-corrected chi connectivity index (χ0v) is 19.2. The zero-order chi connectivity index (χ0) is 21.5. The fourth-order valence-electron chi connectivity index (χ4n) is 2.72. The molecule has 0 N–H and O–H groups in total. The molecule has 8 heteroatoms. The van der Waals surface area contributed by atoms with Crippen LogP contribution in [-0.4, -0.2) is 11.1 Å².